The van der Waals surface area contributed by atoms with Gasteiger partial charge in [0.2, 0.25) is 5.65 Å². The van der Waals surface area contributed by atoms with E-state index < -0.39 is 0 Å². The van der Waals surface area contributed by atoms with Crippen LogP contribution in [0.5, 0.6) is 5.75 Å². The molecule has 0 atom stereocenters. The highest BCUT2D eigenvalue weighted by atomic mass is 16.5. The van der Waals surface area contributed by atoms with Gasteiger partial charge in [-0.2, -0.15) is 10.3 Å². The van der Waals surface area contributed by atoms with Crippen molar-refractivity contribution in [3.8, 4) is 5.75 Å². The van der Waals surface area contributed by atoms with Crippen LogP contribution in [-0.2, 0) is 0 Å². The third kappa shape index (κ3) is 3.04. The number of hydrogen-bond acceptors (Lipinski definition) is 7. The van der Waals surface area contributed by atoms with E-state index in [1.54, 1.807) is 6.07 Å². The van der Waals surface area contributed by atoms with Crippen LogP contribution in [0.2, 0.25) is 0 Å². The topological polar surface area (TPSA) is 105 Å². The Hall–Kier alpha value is -2.64. The number of fused-ring (bicyclic) bond motifs is 1. The van der Waals surface area contributed by atoms with E-state index in [2.05, 4.69) is 36.4 Å². The minimum absolute atomic E-state index is 0.393. The number of likely N-dealkylation sites (tertiary alicyclic amines) is 1. The monoisotopic (exact) mass is 327 g/mol. The molecule has 0 spiro atoms. The Labute approximate surface area is 139 Å². The zero-order valence-electron chi connectivity index (χ0n) is 13.5. The predicted octanol–water partition coefficient (Wildman–Crippen LogP) is 1.73. The molecule has 0 saturated carbocycles. The zero-order valence-corrected chi connectivity index (χ0v) is 13.5. The molecule has 1 saturated heterocycles. The van der Waals surface area contributed by atoms with Crippen LogP contribution in [-0.4, -0.2) is 50.8 Å². The lowest BCUT2D eigenvalue weighted by molar-refractivity contribution is 0.181. The molecule has 3 N–H and O–H groups in total. The molecule has 8 heteroatoms. The highest BCUT2D eigenvalue weighted by Gasteiger charge is 2.22. The first-order valence-corrected chi connectivity index (χ1v) is 8.36. The molecule has 0 unspecified atom stereocenters. The maximum absolute atomic E-state index is 5.98. The van der Waals surface area contributed by atoms with Crippen LogP contribution in [0.1, 0.15) is 25.7 Å². The van der Waals surface area contributed by atoms with Crippen molar-refractivity contribution >= 4 is 22.8 Å². The summed E-state index contributed by atoms with van der Waals surface area (Å²) in [5.74, 6) is 2.79. The van der Waals surface area contributed by atoms with Crippen LogP contribution in [0.15, 0.2) is 23.3 Å². The maximum atomic E-state index is 5.98. The molecule has 2 aromatic heterocycles. The molecule has 0 aliphatic carbocycles. The molecular formula is C16H21N7O. The summed E-state index contributed by atoms with van der Waals surface area (Å²) in [6.07, 6.45) is 8.40. The van der Waals surface area contributed by atoms with Crippen molar-refractivity contribution in [3.63, 3.8) is 0 Å². The van der Waals surface area contributed by atoms with E-state index in [1.807, 2.05) is 6.20 Å². The highest BCUT2D eigenvalue weighted by Crippen LogP contribution is 2.26. The number of aromatic nitrogens is 4. The van der Waals surface area contributed by atoms with Crippen LogP contribution in [0.25, 0.3) is 11.2 Å². The predicted molar refractivity (Wildman–Crippen MR) is 91.7 cm³/mol. The molecule has 8 nitrogen and oxygen atoms in total. The van der Waals surface area contributed by atoms with Crippen molar-refractivity contribution < 1.29 is 4.74 Å². The number of hydrogen-bond donors (Lipinski definition) is 2. The number of aliphatic imine (C=N–C) groups is 1. The number of pyridine rings is 1. The van der Waals surface area contributed by atoms with Gasteiger partial charge in [0.1, 0.15) is 11.7 Å². The molecule has 2 aliphatic rings. The number of nitrogen functional groups attached to an aromatic ring is 1. The third-order valence-corrected chi connectivity index (χ3v) is 4.59. The highest BCUT2D eigenvalue weighted by molar-refractivity contribution is 5.83. The Bertz CT molecular complexity index is 774. The van der Waals surface area contributed by atoms with Gasteiger partial charge in [0.25, 0.3) is 0 Å². The summed E-state index contributed by atoms with van der Waals surface area (Å²) in [5, 5.41) is 10.6. The maximum Gasteiger partial charge on any atom is 0.207 e. The standard InChI is InChI=1S/C16H21N7O/c17-13-9-12(15-16(19-13)21-22-20-15)24-10-11-4-7-23(8-5-11)14-3-1-2-6-18-14/h2,6,9,11H,1,3-5,7-8,10H2,(H3,17,19,20,21,22). The summed E-state index contributed by atoms with van der Waals surface area (Å²) in [4.78, 5) is 11.0. The lowest BCUT2D eigenvalue weighted by Gasteiger charge is -2.34. The van der Waals surface area contributed by atoms with Gasteiger partial charge in [-0.25, -0.2) is 9.98 Å². The van der Waals surface area contributed by atoms with Crippen molar-refractivity contribution in [2.24, 2.45) is 10.9 Å². The van der Waals surface area contributed by atoms with Gasteiger partial charge in [0.05, 0.1) is 6.61 Å². The van der Waals surface area contributed by atoms with Gasteiger partial charge < -0.3 is 15.4 Å². The number of anilines is 1. The smallest absolute Gasteiger partial charge is 0.207 e. The van der Waals surface area contributed by atoms with Crippen LogP contribution in [0, 0.1) is 5.92 Å². The number of amidine groups is 1. The van der Waals surface area contributed by atoms with Crippen LogP contribution < -0.4 is 10.5 Å². The number of rotatable bonds is 3. The van der Waals surface area contributed by atoms with Crippen LogP contribution in [0.3, 0.4) is 0 Å². The fraction of sp³-hybridized carbons (Fsp3) is 0.500. The number of aromatic amines is 1. The number of allylic oxidation sites excluding steroid dienone is 1. The fourth-order valence-electron chi connectivity index (χ4n) is 3.23. The lowest BCUT2D eigenvalue weighted by Crippen LogP contribution is -2.39. The molecule has 2 aromatic rings. The van der Waals surface area contributed by atoms with Gasteiger partial charge in [0.15, 0.2) is 11.3 Å². The van der Waals surface area contributed by atoms with Gasteiger partial charge in [-0.15, -0.1) is 5.10 Å². The SMILES string of the molecule is Nc1cc(OCC2CCN(C3=NC=CCC3)CC2)c2n[nH]nc2n1. The Balaban J connectivity index is 1.35. The third-order valence-electron chi connectivity index (χ3n) is 4.59. The second-order valence-electron chi connectivity index (χ2n) is 6.25. The number of piperidine rings is 1. The first-order valence-electron chi connectivity index (χ1n) is 8.36. The Morgan fingerprint density at radius 2 is 2.17 bits per heavy atom. The fourth-order valence-corrected chi connectivity index (χ4v) is 3.23. The molecule has 24 heavy (non-hydrogen) atoms. The van der Waals surface area contributed by atoms with Gasteiger partial charge in [0, 0.05) is 31.8 Å². The van der Waals surface area contributed by atoms with Crippen LogP contribution in [0.4, 0.5) is 5.82 Å². The number of H-pyrrole nitrogens is 1. The van der Waals surface area contributed by atoms with Gasteiger partial charge in [-0.05, 0) is 25.2 Å². The van der Waals surface area contributed by atoms with Gasteiger partial charge in [-0.3, -0.25) is 0 Å². The molecule has 2 aliphatic heterocycles. The van der Waals surface area contributed by atoms with E-state index in [0.29, 0.717) is 35.3 Å². The second kappa shape index (κ2) is 6.46. The summed E-state index contributed by atoms with van der Waals surface area (Å²) >= 11 is 0. The molecule has 0 bridgehead atoms. The van der Waals surface area contributed by atoms with E-state index >= 15 is 0 Å². The van der Waals surface area contributed by atoms with E-state index in [1.165, 1.54) is 5.84 Å². The van der Waals surface area contributed by atoms with Gasteiger partial charge >= 0.3 is 0 Å². The molecule has 126 valence electrons. The summed E-state index contributed by atoms with van der Waals surface area (Å²) in [6.45, 7) is 2.74. The average Bonchev–Trinajstić information content (AvgIpc) is 3.09. The number of nitrogens with two attached hydrogens (primary N) is 1. The quantitative estimate of drug-likeness (QED) is 0.889. The van der Waals surface area contributed by atoms with Gasteiger partial charge in [-0.1, -0.05) is 6.08 Å². The molecular weight excluding hydrogens is 306 g/mol. The van der Waals surface area contributed by atoms with E-state index in [9.17, 15) is 0 Å². The largest absolute Gasteiger partial charge is 0.491 e. The van der Waals surface area contributed by atoms with Crippen molar-refractivity contribution in [1.29, 1.82) is 0 Å². The van der Waals surface area contributed by atoms with E-state index in [4.69, 9.17) is 10.5 Å². The summed E-state index contributed by atoms with van der Waals surface area (Å²) in [6, 6.07) is 1.71. The lowest BCUT2D eigenvalue weighted by atomic mass is 9.97. The molecule has 0 aromatic carbocycles. The molecule has 4 heterocycles. The summed E-state index contributed by atoms with van der Waals surface area (Å²) in [7, 11) is 0. The Morgan fingerprint density at radius 3 is 2.96 bits per heavy atom. The van der Waals surface area contributed by atoms with Crippen molar-refractivity contribution in [2.75, 3.05) is 25.4 Å². The zero-order chi connectivity index (χ0) is 16.4. The van der Waals surface area contributed by atoms with E-state index in [0.717, 1.165) is 38.8 Å². The minimum Gasteiger partial charge on any atom is -0.491 e. The second-order valence-corrected chi connectivity index (χ2v) is 6.25. The minimum atomic E-state index is 0.393. The Morgan fingerprint density at radius 1 is 1.29 bits per heavy atom. The van der Waals surface area contributed by atoms with E-state index in [-0.39, 0.29) is 0 Å². The summed E-state index contributed by atoms with van der Waals surface area (Å²) < 4.78 is 5.98. The first kappa shape index (κ1) is 14.9. The molecule has 1 fully saturated rings. The van der Waals surface area contributed by atoms with Crippen molar-refractivity contribution in [2.45, 2.75) is 25.7 Å². The molecule has 0 amide bonds. The van der Waals surface area contributed by atoms with Crippen molar-refractivity contribution in [3.05, 3.63) is 18.3 Å². The Kier molecular flexibility index (Phi) is 4.02. The normalized spacial score (nSPS) is 18.8. The number of nitrogens with zero attached hydrogens (tertiary/aromatic N) is 5. The average molecular weight is 327 g/mol. The van der Waals surface area contributed by atoms with Crippen LogP contribution >= 0.6 is 0 Å². The molecule has 0 radical (unpaired) electrons. The summed E-state index contributed by atoms with van der Waals surface area (Å²) in [5.41, 5.74) is 6.91. The first-order chi connectivity index (χ1) is 11.8. The number of ether oxygens (including phenoxy) is 1. The number of nitrogens with one attached hydrogen (secondary N) is 1. The van der Waals surface area contributed by atoms with Crippen molar-refractivity contribution in [1.82, 2.24) is 25.3 Å². The molecule has 4 rings (SSSR count).